The molecule has 0 spiro atoms. The van der Waals surface area contributed by atoms with Crippen molar-refractivity contribution in [2.75, 3.05) is 39.5 Å². The number of unbranched alkanes of at least 4 members (excludes halogenated alkanes) is 5. The standard InChI is InChI=1S/C12H23NO.C4H11NO4/c1-2-3-4-5-6-7-10-13-11-8-9-12(13)14;6-1-3-8-5-9-4-2-7/h2-11H2,1H3;5-7H,1-4H2. The summed E-state index contributed by atoms with van der Waals surface area (Å²) in [5.41, 5.74) is 2.07. The fraction of sp³-hybridized carbons (Fsp3) is 0.938. The van der Waals surface area contributed by atoms with Crippen molar-refractivity contribution < 1.29 is 24.7 Å². The van der Waals surface area contributed by atoms with E-state index in [-0.39, 0.29) is 26.4 Å². The summed E-state index contributed by atoms with van der Waals surface area (Å²) in [6, 6.07) is 0. The number of hydrogen-bond donors (Lipinski definition) is 3. The first-order valence-electron chi connectivity index (χ1n) is 8.74. The highest BCUT2D eigenvalue weighted by Crippen LogP contribution is 2.12. The highest BCUT2D eigenvalue weighted by molar-refractivity contribution is 5.77. The molecule has 23 heavy (non-hydrogen) atoms. The summed E-state index contributed by atoms with van der Waals surface area (Å²) in [6.45, 7) is 4.48. The summed E-state index contributed by atoms with van der Waals surface area (Å²) < 4.78 is 0. The molecule has 1 aliphatic rings. The highest BCUT2D eigenvalue weighted by atomic mass is 16.9. The maximum atomic E-state index is 11.3. The second-order valence-electron chi connectivity index (χ2n) is 5.48. The summed E-state index contributed by atoms with van der Waals surface area (Å²) in [6.07, 6.45) is 9.75. The van der Waals surface area contributed by atoms with Crippen LogP contribution in [0.25, 0.3) is 0 Å². The molecule has 0 aliphatic carbocycles. The summed E-state index contributed by atoms with van der Waals surface area (Å²) >= 11 is 0. The maximum Gasteiger partial charge on any atom is 0.222 e. The number of nitrogens with zero attached hydrogens (tertiary/aromatic N) is 1. The van der Waals surface area contributed by atoms with E-state index < -0.39 is 0 Å². The van der Waals surface area contributed by atoms with Crippen molar-refractivity contribution in [2.24, 2.45) is 0 Å². The minimum atomic E-state index is -0.0600. The van der Waals surface area contributed by atoms with Gasteiger partial charge in [-0.3, -0.25) is 14.5 Å². The van der Waals surface area contributed by atoms with E-state index in [1.807, 2.05) is 4.90 Å². The normalized spacial score (nSPS) is 14.0. The van der Waals surface area contributed by atoms with Gasteiger partial charge in [0, 0.05) is 19.5 Å². The number of likely N-dealkylation sites (tertiary alicyclic amines) is 1. The third kappa shape index (κ3) is 14.6. The van der Waals surface area contributed by atoms with E-state index in [1.54, 1.807) is 0 Å². The van der Waals surface area contributed by atoms with Crippen molar-refractivity contribution in [2.45, 2.75) is 58.3 Å². The van der Waals surface area contributed by atoms with Gasteiger partial charge >= 0.3 is 0 Å². The lowest BCUT2D eigenvalue weighted by atomic mass is 10.1. The van der Waals surface area contributed by atoms with Crippen LogP contribution >= 0.6 is 0 Å². The van der Waals surface area contributed by atoms with Gasteiger partial charge in [-0.05, 0) is 12.8 Å². The average Bonchev–Trinajstić information content (AvgIpc) is 2.96. The van der Waals surface area contributed by atoms with Gasteiger partial charge < -0.3 is 15.1 Å². The molecule has 1 amide bonds. The van der Waals surface area contributed by atoms with Gasteiger partial charge in [0.1, 0.15) is 0 Å². The molecule has 0 unspecified atom stereocenters. The van der Waals surface area contributed by atoms with E-state index in [0.717, 1.165) is 25.9 Å². The molecule has 138 valence electrons. The first-order valence-corrected chi connectivity index (χ1v) is 8.74. The lowest BCUT2D eigenvalue weighted by Gasteiger charge is -2.14. The fourth-order valence-corrected chi connectivity index (χ4v) is 2.24. The van der Waals surface area contributed by atoms with E-state index >= 15 is 0 Å². The van der Waals surface area contributed by atoms with Gasteiger partial charge in [-0.15, -0.1) is 0 Å². The number of nitrogens with one attached hydrogen (secondary N) is 1. The van der Waals surface area contributed by atoms with Crippen LogP contribution in [0.15, 0.2) is 0 Å². The Kier molecular flexibility index (Phi) is 17.1. The number of carbonyl (C=O) groups is 1. The Morgan fingerprint density at radius 1 is 1.04 bits per heavy atom. The Labute approximate surface area is 139 Å². The van der Waals surface area contributed by atoms with Crippen LogP contribution in [0.4, 0.5) is 0 Å². The Hall–Kier alpha value is -0.730. The van der Waals surface area contributed by atoms with Crippen LogP contribution in [0.1, 0.15) is 58.3 Å². The topological polar surface area (TPSA) is 91.3 Å². The number of hydrogen-bond acceptors (Lipinski definition) is 6. The first-order chi connectivity index (χ1) is 11.3. The number of aliphatic hydroxyl groups excluding tert-OH is 2. The molecule has 0 aromatic carbocycles. The SMILES string of the molecule is CCCCCCCCN1CCCC1=O.OCCONOCCO. The Balaban J connectivity index is 0.000000468. The molecular weight excluding hydrogens is 300 g/mol. The van der Waals surface area contributed by atoms with Crippen LogP contribution in [0.5, 0.6) is 0 Å². The summed E-state index contributed by atoms with van der Waals surface area (Å²) in [7, 11) is 0. The monoisotopic (exact) mass is 334 g/mol. The molecule has 0 saturated carbocycles. The van der Waals surface area contributed by atoms with Crippen molar-refractivity contribution in [3.05, 3.63) is 0 Å². The van der Waals surface area contributed by atoms with Crippen molar-refractivity contribution in [1.29, 1.82) is 0 Å². The molecule has 1 aliphatic heterocycles. The van der Waals surface area contributed by atoms with Crippen LogP contribution in [0.3, 0.4) is 0 Å². The molecule has 0 aromatic rings. The molecule has 3 N–H and O–H groups in total. The molecule has 1 saturated heterocycles. The zero-order chi connectivity index (χ0) is 17.2. The van der Waals surface area contributed by atoms with Crippen molar-refractivity contribution in [1.82, 2.24) is 10.5 Å². The van der Waals surface area contributed by atoms with E-state index in [2.05, 4.69) is 22.2 Å². The largest absolute Gasteiger partial charge is 0.394 e. The smallest absolute Gasteiger partial charge is 0.222 e. The average molecular weight is 334 g/mol. The lowest BCUT2D eigenvalue weighted by Crippen LogP contribution is -2.25. The fourth-order valence-electron chi connectivity index (χ4n) is 2.24. The van der Waals surface area contributed by atoms with Crippen molar-refractivity contribution in [3.8, 4) is 0 Å². The van der Waals surface area contributed by atoms with E-state index in [4.69, 9.17) is 10.2 Å². The predicted molar refractivity (Wildman–Crippen MR) is 88.4 cm³/mol. The third-order valence-electron chi connectivity index (χ3n) is 3.46. The summed E-state index contributed by atoms with van der Waals surface area (Å²) in [5, 5.41) is 16.3. The van der Waals surface area contributed by atoms with Gasteiger partial charge in [-0.25, -0.2) is 0 Å². The zero-order valence-corrected chi connectivity index (χ0v) is 14.5. The highest BCUT2D eigenvalue weighted by Gasteiger charge is 2.18. The van der Waals surface area contributed by atoms with Crippen molar-refractivity contribution >= 4 is 5.91 Å². The Morgan fingerprint density at radius 3 is 2.17 bits per heavy atom. The number of rotatable bonds is 13. The molecule has 7 nitrogen and oxygen atoms in total. The molecule has 0 radical (unpaired) electrons. The van der Waals surface area contributed by atoms with Gasteiger partial charge in [0.05, 0.1) is 26.4 Å². The molecule has 0 bridgehead atoms. The molecule has 1 heterocycles. The van der Waals surface area contributed by atoms with Crippen molar-refractivity contribution in [3.63, 3.8) is 0 Å². The van der Waals surface area contributed by atoms with Gasteiger partial charge in [0.2, 0.25) is 5.91 Å². The van der Waals surface area contributed by atoms with E-state index in [1.165, 1.54) is 38.5 Å². The molecule has 1 rings (SSSR count). The van der Waals surface area contributed by atoms with Crippen LogP contribution in [-0.4, -0.2) is 60.5 Å². The number of aliphatic hydroxyl groups is 2. The lowest BCUT2D eigenvalue weighted by molar-refractivity contribution is -0.178. The summed E-state index contributed by atoms with van der Waals surface area (Å²) in [4.78, 5) is 22.2. The third-order valence-corrected chi connectivity index (χ3v) is 3.46. The van der Waals surface area contributed by atoms with Gasteiger partial charge in [-0.1, -0.05) is 44.7 Å². The van der Waals surface area contributed by atoms with Crippen LogP contribution in [-0.2, 0) is 14.5 Å². The predicted octanol–water partition coefficient (Wildman–Crippen LogP) is 1.39. The Morgan fingerprint density at radius 2 is 1.65 bits per heavy atom. The van der Waals surface area contributed by atoms with Crippen LogP contribution in [0.2, 0.25) is 0 Å². The minimum absolute atomic E-state index is 0.0600. The second-order valence-corrected chi connectivity index (χ2v) is 5.48. The second kappa shape index (κ2) is 17.6. The molecule has 0 atom stereocenters. The number of carbonyl (C=O) groups excluding carboxylic acids is 1. The van der Waals surface area contributed by atoms with Gasteiger partial charge in [-0.2, -0.15) is 0 Å². The zero-order valence-electron chi connectivity index (χ0n) is 14.5. The first kappa shape index (κ1) is 22.3. The molecule has 1 fully saturated rings. The number of amides is 1. The maximum absolute atomic E-state index is 11.3. The van der Waals surface area contributed by atoms with E-state index in [9.17, 15) is 4.79 Å². The van der Waals surface area contributed by atoms with Gasteiger partial charge in [0.15, 0.2) is 0 Å². The van der Waals surface area contributed by atoms with Gasteiger partial charge in [0.25, 0.3) is 0 Å². The van der Waals surface area contributed by atoms with E-state index in [0.29, 0.717) is 5.91 Å². The summed E-state index contributed by atoms with van der Waals surface area (Å²) in [5.74, 6) is 0.374. The quantitative estimate of drug-likeness (QED) is 0.348. The molecule has 0 aromatic heterocycles. The van der Waals surface area contributed by atoms with Crippen LogP contribution in [0, 0.1) is 0 Å². The Bertz CT molecular complexity index is 261. The molecule has 7 heteroatoms. The minimum Gasteiger partial charge on any atom is -0.394 e. The van der Waals surface area contributed by atoms with Crippen LogP contribution < -0.4 is 5.64 Å². The molecular formula is C16H34N2O5.